The van der Waals surface area contributed by atoms with Crippen LogP contribution in [0.4, 0.5) is 0 Å². The second-order valence-electron chi connectivity index (χ2n) is 6.38. The molecule has 27 heavy (non-hydrogen) atoms. The van der Waals surface area contributed by atoms with Crippen LogP contribution in [-0.2, 0) is 6.61 Å². The number of hydrogen-bond acceptors (Lipinski definition) is 3. The number of benzene rings is 1. The summed E-state index contributed by atoms with van der Waals surface area (Å²) in [4.78, 5) is 17.1. The third kappa shape index (κ3) is 3.46. The van der Waals surface area contributed by atoms with Gasteiger partial charge in [-0.25, -0.2) is 4.98 Å². The number of aromatic nitrogens is 3. The van der Waals surface area contributed by atoms with Crippen molar-refractivity contribution in [3.05, 3.63) is 93.3 Å². The molecule has 136 valence electrons. The first-order chi connectivity index (χ1) is 13.0. The highest BCUT2D eigenvalue weighted by Gasteiger charge is 2.07. The molecule has 0 unspecified atom stereocenters. The quantitative estimate of drug-likeness (QED) is 0.530. The Morgan fingerprint density at radius 1 is 1.07 bits per heavy atom. The van der Waals surface area contributed by atoms with E-state index in [0.29, 0.717) is 17.4 Å². The topological polar surface area (TPSA) is 48.5 Å². The zero-order chi connectivity index (χ0) is 19.0. The molecule has 0 atom stereocenters. The van der Waals surface area contributed by atoms with E-state index in [9.17, 15) is 4.79 Å². The Balaban J connectivity index is 1.59. The van der Waals surface area contributed by atoms with Gasteiger partial charge in [-0.15, -0.1) is 0 Å². The third-order valence-electron chi connectivity index (χ3n) is 4.57. The summed E-state index contributed by atoms with van der Waals surface area (Å²) in [6.07, 6.45) is 3.64. The van der Waals surface area contributed by atoms with Gasteiger partial charge in [-0.2, -0.15) is 0 Å². The fraction of sp³-hybridized carbons (Fsp3) is 0.143. The van der Waals surface area contributed by atoms with E-state index < -0.39 is 0 Å². The molecule has 6 heteroatoms. The van der Waals surface area contributed by atoms with Gasteiger partial charge in [-0.05, 0) is 49.7 Å². The van der Waals surface area contributed by atoms with E-state index in [4.69, 9.17) is 16.3 Å². The molecule has 3 heterocycles. The van der Waals surface area contributed by atoms with Crippen LogP contribution >= 0.6 is 11.6 Å². The molecule has 0 fully saturated rings. The molecule has 0 saturated heterocycles. The van der Waals surface area contributed by atoms with Crippen LogP contribution in [0.15, 0.2) is 65.7 Å². The Kier molecular flexibility index (Phi) is 4.46. The fourth-order valence-corrected chi connectivity index (χ4v) is 3.05. The summed E-state index contributed by atoms with van der Waals surface area (Å²) < 4.78 is 9.30. The van der Waals surface area contributed by atoms with Crippen molar-refractivity contribution in [2.24, 2.45) is 0 Å². The van der Waals surface area contributed by atoms with Crippen molar-refractivity contribution >= 4 is 17.2 Å². The number of rotatable bonds is 4. The molecule has 5 nitrogen and oxygen atoms in total. The average Bonchev–Trinajstić information content (AvgIpc) is 2.95. The number of fused-ring (bicyclic) bond motifs is 1. The molecule has 0 saturated carbocycles. The van der Waals surface area contributed by atoms with Crippen LogP contribution in [-0.4, -0.2) is 14.0 Å². The Labute approximate surface area is 161 Å². The predicted molar refractivity (Wildman–Crippen MR) is 106 cm³/mol. The third-order valence-corrected chi connectivity index (χ3v) is 4.82. The lowest BCUT2D eigenvalue weighted by atomic mass is 10.2. The van der Waals surface area contributed by atoms with Crippen molar-refractivity contribution in [3.63, 3.8) is 0 Å². The number of nitrogens with zero attached hydrogens (tertiary/aromatic N) is 3. The molecule has 1 aromatic carbocycles. The van der Waals surface area contributed by atoms with Gasteiger partial charge >= 0.3 is 0 Å². The normalized spacial score (nSPS) is 11.1. The van der Waals surface area contributed by atoms with Crippen LogP contribution in [0.2, 0.25) is 5.02 Å². The SMILES string of the molecule is Cc1nc2ccc(-n3ccc(OCc4ccc(Cl)cc4)cc3=O)cn2c1C. The first-order valence-corrected chi connectivity index (χ1v) is 8.95. The highest BCUT2D eigenvalue weighted by Crippen LogP contribution is 2.16. The van der Waals surface area contributed by atoms with E-state index in [2.05, 4.69) is 4.98 Å². The van der Waals surface area contributed by atoms with Crippen molar-refractivity contribution < 1.29 is 4.74 Å². The molecule has 0 N–H and O–H groups in total. The van der Waals surface area contributed by atoms with E-state index >= 15 is 0 Å². The standard InChI is InChI=1S/C21H18ClN3O2/c1-14-15(2)25-12-18(7-8-20(25)23-14)24-10-9-19(11-21(24)26)27-13-16-3-5-17(22)6-4-16/h3-12H,13H2,1-2H3. The van der Waals surface area contributed by atoms with Crippen molar-refractivity contribution in [2.45, 2.75) is 20.5 Å². The van der Waals surface area contributed by atoms with Gasteiger partial charge in [-0.3, -0.25) is 9.36 Å². The van der Waals surface area contributed by atoms with Crippen LogP contribution in [0, 0.1) is 13.8 Å². The fourth-order valence-electron chi connectivity index (χ4n) is 2.92. The molecular weight excluding hydrogens is 362 g/mol. The zero-order valence-electron chi connectivity index (χ0n) is 15.0. The Morgan fingerprint density at radius 2 is 1.85 bits per heavy atom. The lowest BCUT2D eigenvalue weighted by molar-refractivity contribution is 0.305. The van der Waals surface area contributed by atoms with Gasteiger partial charge in [0.15, 0.2) is 0 Å². The smallest absolute Gasteiger partial charge is 0.258 e. The molecule has 3 aromatic heterocycles. The second-order valence-corrected chi connectivity index (χ2v) is 6.82. The van der Waals surface area contributed by atoms with Crippen LogP contribution in [0.5, 0.6) is 5.75 Å². The van der Waals surface area contributed by atoms with E-state index in [1.165, 1.54) is 6.07 Å². The maximum Gasteiger partial charge on any atom is 0.258 e. The number of pyridine rings is 2. The lowest BCUT2D eigenvalue weighted by Crippen LogP contribution is -2.17. The molecule has 0 spiro atoms. The minimum absolute atomic E-state index is 0.155. The lowest BCUT2D eigenvalue weighted by Gasteiger charge is -2.10. The average molecular weight is 380 g/mol. The Morgan fingerprint density at radius 3 is 2.59 bits per heavy atom. The summed E-state index contributed by atoms with van der Waals surface area (Å²) in [5.41, 5.74) is 4.51. The van der Waals surface area contributed by atoms with Gasteiger partial charge in [0.1, 0.15) is 18.0 Å². The van der Waals surface area contributed by atoms with Crippen molar-refractivity contribution in [1.82, 2.24) is 14.0 Å². The molecule has 0 aliphatic rings. The number of ether oxygens (including phenoxy) is 1. The maximum absolute atomic E-state index is 12.6. The molecule has 0 aliphatic heterocycles. The summed E-state index contributed by atoms with van der Waals surface area (Å²) in [7, 11) is 0. The van der Waals surface area contributed by atoms with E-state index in [0.717, 1.165) is 28.3 Å². The number of aryl methyl sites for hydroxylation is 2. The molecule has 4 aromatic rings. The molecule has 4 rings (SSSR count). The first kappa shape index (κ1) is 17.4. The van der Waals surface area contributed by atoms with E-state index in [-0.39, 0.29) is 5.56 Å². The van der Waals surface area contributed by atoms with Gasteiger partial charge in [0.25, 0.3) is 5.56 Å². The van der Waals surface area contributed by atoms with Crippen molar-refractivity contribution in [1.29, 1.82) is 0 Å². The molecular formula is C21H18ClN3O2. The Hall–Kier alpha value is -3.05. The summed E-state index contributed by atoms with van der Waals surface area (Å²) in [6, 6.07) is 14.5. The van der Waals surface area contributed by atoms with Crippen molar-refractivity contribution in [2.75, 3.05) is 0 Å². The van der Waals surface area contributed by atoms with E-state index in [1.807, 2.05) is 60.8 Å². The Bertz CT molecular complexity index is 1180. The number of halogens is 1. The van der Waals surface area contributed by atoms with Crippen LogP contribution in [0.3, 0.4) is 0 Å². The van der Waals surface area contributed by atoms with Crippen LogP contribution in [0.25, 0.3) is 11.3 Å². The van der Waals surface area contributed by atoms with Gasteiger partial charge in [-0.1, -0.05) is 23.7 Å². The largest absolute Gasteiger partial charge is 0.489 e. The monoisotopic (exact) mass is 379 g/mol. The highest BCUT2D eigenvalue weighted by molar-refractivity contribution is 6.30. The summed E-state index contributed by atoms with van der Waals surface area (Å²) in [6.45, 7) is 4.36. The minimum Gasteiger partial charge on any atom is -0.489 e. The van der Waals surface area contributed by atoms with Gasteiger partial charge in [0.2, 0.25) is 0 Å². The van der Waals surface area contributed by atoms with Gasteiger partial charge in [0.05, 0.1) is 11.4 Å². The summed E-state index contributed by atoms with van der Waals surface area (Å²) >= 11 is 5.88. The molecule has 0 bridgehead atoms. The highest BCUT2D eigenvalue weighted by atomic mass is 35.5. The maximum atomic E-state index is 12.6. The minimum atomic E-state index is -0.155. The van der Waals surface area contributed by atoms with Gasteiger partial charge in [0, 0.05) is 29.2 Å². The first-order valence-electron chi connectivity index (χ1n) is 8.57. The van der Waals surface area contributed by atoms with Crippen LogP contribution < -0.4 is 10.3 Å². The summed E-state index contributed by atoms with van der Waals surface area (Å²) in [5.74, 6) is 0.530. The second kappa shape index (κ2) is 6.93. The number of hydrogen-bond donors (Lipinski definition) is 0. The van der Waals surface area contributed by atoms with Gasteiger partial charge < -0.3 is 9.14 Å². The molecule has 0 amide bonds. The van der Waals surface area contributed by atoms with E-state index in [1.54, 1.807) is 16.8 Å². The summed E-state index contributed by atoms with van der Waals surface area (Å²) in [5, 5.41) is 0.682. The zero-order valence-corrected chi connectivity index (χ0v) is 15.8. The molecule has 0 aliphatic carbocycles. The number of imidazole rings is 1. The molecule has 0 radical (unpaired) electrons. The van der Waals surface area contributed by atoms with Crippen LogP contribution in [0.1, 0.15) is 17.0 Å². The predicted octanol–water partition coefficient (Wildman–Crippen LogP) is 4.33. The van der Waals surface area contributed by atoms with Crippen molar-refractivity contribution in [3.8, 4) is 11.4 Å².